The van der Waals surface area contributed by atoms with Crippen molar-refractivity contribution in [3.63, 3.8) is 0 Å². The van der Waals surface area contributed by atoms with E-state index < -0.39 is 11.6 Å². The molecular weight excluding hydrogens is 250 g/mol. The van der Waals surface area contributed by atoms with Crippen LogP contribution < -0.4 is 0 Å². The molecule has 0 aliphatic carbocycles. The number of fused-ring (bicyclic) bond motifs is 1. The van der Waals surface area contributed by atoms with Gasteiger partial charge in [-0.2, -0.15) is 0 Å². The third-order valence-corrected chi connectivity index (χ3v) is 2.90. The predicted octanol–water partition coefficient (Wildman–Crippen LogP) is 3.14. The molecule has 1 aromatic heterocycles. The number of benzene rings is 2. The fraction of sp³-hybridized carbons (Fsp3) is 0.0714. The molecule has 0 aliphatic rings. The topological polar surface area (TPSA) is 48.9 Å². The van der Waals surface area contributed by atoms with E-state index >= 15 is 0 Å². The van der Waals surface area contributed by atoms with Crippen LogP contribution in [-0.2, 0) is 6.42 Å². The lowest BCUT2D eigenvalue weighted by Gasteiger charge is -1.98. The Hall–Kier alpha value is -2.43. The quantitative estimate of drug-likeness (QED) is 0.743. The highest BCUT2D eigenvalue weighted by Gasteiger charge is 2.11. The number of imidazole rings is 1. The number of nitrogens with one attached hydrogen (secondary N) is 1. The van der Waals surface area contributed by atoms with E-state index in [0.717, 1.165) is 11.6 Å². The Balaban J connectivity index is 1.97. The molecule has 0 radical (unpaired) electrons. The first kappa shape index (κ1) is 11.6. The maximum Gasteiger partial charge on any atom is 0.186 e. The summed E-state index contributed by atoms with van der Waals surface area (Å²) in [6, 6.07) is 9.16. The first-order chi connectivity index (χ1) is 9.13. The van der Waals surface area contributed by atoms with E-state index in [2.05, 4.69) is 9.97 Å². The number of aromatic amines is 1. The van der Waals surface area contributed by atoms with Crippen LogP contribution in [0.4, 0.5) is 8.78 Å². The summed E-state index contributed by atoms with van der Waals surface area (Å²) < 4.78 is 26.6. The van der Waals surface area contributed by atoms with Crippen LogP contribution in [0.2, 0.25) is 0 Å². The number of aromatic nitrogens is 2. The summed E-state index contributed by atoms with van der Waals surface area (Å²) in [5.41, 5.74) is 1.39. The molecule has 0 bridgehead atoms. The molecule has 0 amide bonds. The maximum absolute atomic E-state index is 13.5. The Kier molecular flexibility index (Phi) is 2.67. The van der Waals surface area contributed by atoms with Gasteiger partial charge in [0.2, 0.25) is 0 Å². The minimum Gasteiger partial charge on any atom is -0.508 e. The summed E-state index contributed by atoms with van der Waals surface area (Å²) in [6.45, 7) is 0. The molecule has 0 fully saturated rings. The van der Waals surface area contributed by atoms with Crippen molar-refractivity contribution < 1.29 is 13.9 Å². The zero-order valence-corrected chi connectivity index (χ0v) is 9.82. The van der Waals surface area contributed by atoms with E-state index in [9.17, 15) is 13.9 Å². The normalized spacial score (nSPS) is 11.1. The van der Waals surface area contributed by atoms with Crippen LogP contribution in [0.25, 0.3) is 11.0 Å². The van der Waals surface area contributed by atoms with Crippen LogP contribution in [0.1, 0.15) is 11.4 Å². The average molecular weight is 260 g/mol. The molecule has 0 atom stereocenters. The molecular formula is C14H10F2N2O. The predicted molar refractivity (Wildman–Crippen MR) is 66.9 cm³/mol. The molecule has 96 valence electrons. The second kappa shape index (κ2) is 4.35. The van der Waals surface area contributed by atoms with Gasteiger partial charge >= 0.3 is 0 Å². The summed E-state index contributed by atoms with van der Waals surface area (Å²) in [6.07, 6.45) is 0.454. The number of phenols is 1. The lowest BCUT2D eigenvalue weighted by Crippen LogP contribution is -1.90. The lowest BCUT2D eigenvalue weighted by atomic mass is 10.1. The minimum atomic E-state index is -0.939. The SMILES string of the molecule is Oc1ccc(Cc2nc3c(F)c(F)ccc3[nH]2)cc1. The van der Waals surface area contributed by atoms with Crippen molar-refractivity contribution in [1.29, 1.82) is 0 Å². The van der Waals surface area contributed by atoms with E-state index in [1.807, 2.05) is 0 Å². The van der Waals surface area contributed by atoms with E-state index in [1.54, 1.807) is 24.3 Å². The van der Waals surface area contributed by atoms with Gasteiger partial charge in [-0.15, -0.1) is 0 Å². The van der Waals surface area contributed by atoms with Gasteiger partial charge in [0.25, 0.3) is 0 Å². The van der Waals surface area contributed by atoms with E-state index in [4.69, 9.17) is 0 Å². The van der Waals surface area contributed by atoms with E-state index in [0.29, 0.717) is 17.8 Å². The van der Waals surface area contributed by atoms with Crippen molar-refractivity contribution in [2.75, 3.05) is 0 Å². The van der Waals surface area contributed by atoms with Gasteiger partial charge in [-0.25, -0.2) is 13.8 Å². The first-order valence-corrected chi connectivity index (χ1v) is 5.74. The Morgan fingerprint density at radius 1 is 1.05 bits per heavy atom. The van der Waals surface area contributed by atoms with Gasteiger partial charge in [0.1, 0.15) is 17.1 Å². The Bertz CT molecular complexity index is 735. The molecule has 3 aromatic rings. The van der Waals surface area contributed by atoms with Crippen LogP contribution in [0, 0.1) is 11.6 Å². The molecule has 5 heteroatoms. The second-order valence-electron chi connectivity index (χ2n) is 4.28. The number of H-pyrrole nitrogens is 1. The minimum absolute atomic E-state index is 0.00813. The number of nitrogens with zero attached hydrogens (tertiary/aromatic N) is 1. The maximum atomic E-state index is 13.5. The number of halogens is 2. The lowest BCUT2D eigenvalue weighted by molar-refractivity contribution is 0.475. The fourth-order valence-electron chi connectivity index (χ4n) is 1.96. The van der Waals surface area contributed by atoms with Crippen LogP contribution in [0.3, 0.4) is 0 Å². The molecule has 0 spiro atoms. The highest BCUT2D eigenvalue weighted by atomic mass is 19.2. The largest absolute Gasteiger partial charge is 0.508 e. The molecule has 0 unspecified atom stereocenters. The second-order valence-corrected chi connectivity index (χ2v) is 4.28. The van der Waals surface area contributed by atoms with Crippen LogP contribution >= 0.6 is 0 Å². The van der Waals surface area contributed by atoms with Crippen molar-refractivity contribution in [1.82, 2.24) is 9.97 Å². The zero-order valence-electron chi connectivity index (χ0n) is 9.82. The van der Waals surface area contributed by atoms with Crippen molar-refractivity contribution in [3.05, 3.63) is 59.4 Å². The van der Waals surface area contributed by atoms with E-state index in [1.165, 1.54) is 6.07 Å². The van der Waals surface area contributed by atoms with Crippen molar-refractivity contribution in [2.45, 2.75) is 6.42 Å². The van der Waals surface area contributed by atoms with Gasteiger partial charge in [-0.3, -0.25) is 0 Å². The number of rotatable bonds is 2. The number of hydrogen-bond acceptors (Lipinski definition) is 2. The third-order valence-electron chi connectivity index (χ3n) is 2.90. The van der Waals surface area contributed by atoms with Crippen molar-refractivity contribution in [3.8, 4) is 5.75 Å². The van der Waals surface area contributed by atoms with E-state index in [-0.39, 0.29) is 11.3 Å². The summed E-state index contributed by atoms with van der Waals surface area (Å²) in [4.78, 5) is 7.00. The van der Waals surface area contributed by atoms with Gasteiger partial charge in [-0.1, -0.05) is 12.1 Å². The molecule has 0 saturated carbocycles. The molecule has 19 heavy (non-hydrogen) atoms. The summed E-state index contributed by atoms with van der Waals surface area (Å²) in [5, 5.41) is 9.19. The molecule has 2 aromatic carbocycles. The summed E-state index contributed by atoms with van der Waals surface area (Å²) in [7, 11) is 0. The standard InChI is InChI=1S/C14H10F2N2O/c15-10-5-6-11-14(13(10)16)18-12(17-11)7-8-1-3-9(19)4-2-8/h1-6,19H,7H2,(H,17,18). The Morgan fingerprint density at radius 2 is 1.79 bits per heavy atom. The molecule has 3 nitrogen and oxygen atoms in total. The van der Waals surface area contributed by atoms with Crippen LogP contribution in [0.15, 0.2) is 36.4 Å². The summed E-state index contributed by atoms with van der Waals surface area (Å²) in [5.74, 6) is -1.12. The fourth-order valence-corrected chi connectivity index (χ4v) is 1.96. The highest BCUT2D eigenvalue weighted by molar-refractivity contribution is 5.75. The third kappa shape index (κ3) is 2.14. The molecule has 1 heterocycles. The number of phenolic OH excluding ortho intramolecular Hbond substituents is 1. The highest BCUT2D eigenvalue weighted by Crippen LogP contribution is 2.20. The van der Waals surface area contributed by atoms with Gasteiger partial charge in [-0.05, 0) is 29.8 Å². The zero-order chi connectivity index (χ0) is 13.4. The van der Waals surface area contributed by atoms with Gasteiger partial charge in [0.15, 0.2) is 11.6 Å². The molecule has 3 rings (SSSR count). The first-order valence-electron chi connectivity index (χ1n) is 5.74. The monoisotopic (exact) mass is 260 g/mol. The Labute approximate surface area is 107 Å². The van der Waals surface area contributed by atoms with Crippen molar-refractivity contribution in [2.24, 2.45) is 0 Å². The average Bonchev–Trinajstić information content (AvgIpc) is 2.80. The van der Waals surface area contributed by atoms with Gasteiger partial charge in [0, 0.05) is 6.42 Å². The summed E-state index contributed by atoms with van der Waals surface area (Å²) >= 11 is 0. The Morgan fingerprint density at radius 3 is 2.53 bits per heavy atom. The van der Waals surface area contributed by atoms with Crippen LogP contribution in [0.5, 0.6) is 5.75 Å². The van der Waals surface area contributed by atoms with Crippen molar-refractivity contribution >= 4 is 11.0 Å². The van der Waals surface area contributed by atoms with Gasteiger partial charge < -0.3 is 10.1 Å². The molecule has 2 N–H and O–H groups in total. The smallest absolute Gasteiger partial charge is 0.186 e. The van der Waals surface area contributed by atoms with Crippen LogP contribution in [-0.4, -0.2) is 15.1 Å². The number of aromatic hydroxyl groups is 1. The number of hydrogen-bond donors (Lipinski definition) is 2. The molecule has 0 saturated heterocycles. The van der Waals surface area contributed by atoms with Gasteiger partial charge in [0.05, 0.1) is 5.52 Å². The molecule has 0 aliphatic heterocycles.